The molecule has 2 aromatic rings. The van der Waals surface area contributed by atoms with Crippen molar-refractivity contribution in [2.45, 2.75) is 23.9 Å². The van der Waals surface area contributed by atoms with Gasteiger partial charge in [0.2, 0.25) is 5.16 Å². The smallest absolute Gasteiger partial charge is 0.214 e. The molecule has 0 aliphatic heterocycles. The standard InChI is InChI=1S/C11H10F2N4S/c1-5-6(2)16-17-11(15-5)18-10-8(12)3-7(14)4-9(10)13/h3-4H,14H2,1-2H3. The van der Waals surface area contributed by atoms with Crippen molar-refractivity contribution < 1.29 is 8.78 Å². The van der Waals surface area contributed by atoms with Gasteiger partial charge in [-0.2, -0.15) is 5.10 Å². The molecule has 0 fully saturated rings. The molecule has 0 aliphatic rings. The van der Waals surface area contributed by atoms with Gasteiger partial charge in [-0.25, -0.2) is 13.8 Å². The molecule has 0 unspecified atom stereocenters. The fourth-order valence-corrected chi connectivity index (χ4v) is 2.01. The predicted octanol–water partition coefficient (Wildman–Crippen LogP) is 2.50. The van der Waals surface area contributed by atoms with Crippen molar-refractivity contribution in [2.75, 3.05) is 5.73 Å². The highest BCUT2D eigenvalue weighted by Gasteiger charge is 2.14. The molecule has 0 saturated heterocycles. The zero-order valence-electron chi connectivity index (χ0n) is 9.74. The Morgan fingerprint density at radius 2 is 1.67 bits per heavy atom. The van der Waals surface area contributed by atoms with Crippen molar-refractivity contribution in [1.29, 1.82) is 0 Å². The Morgan fingerprint density at radius 3 is 2.22 bits per heavy atom. The number of nitrogen functional groups attached to an aromatic ring is 1. The summed E-state index contributed by atoms with van der Waals surface area (Å²) in [7, 11) is 0. The van der Waals surface area contributed by atoms with Crippen molar-refractivity contribution in [3.63, 3.8) is 0 Å². The Bertz CT molecular complexity index is 581. The van der Waals surface area contributed by atoms with Gasteiger partial charge in [0.15, 0.2) is 0 Å². The molecule has 18 heavy (non-hydrogen) atoms. The molecular weight excluding hydrogens is 258 g/mol. The van der Waals surface area contributed by atoms with Gasteiger partial charge in [0, 0.05) is 5.69 Å². The molecule has 0 saturated carbocycles. The number of nitrogens with zero attached hydrogens (tertiary/aromatic N) is 3. The molecule has 0 bridgehead atoms. The third-order valence-corrected chi connectivity index (χ3v) is 3.24. The van der Waals surface area contributed by atoms with Gasteiger partial charge in [-0.15, -0.1) is 5.10 Å². The Morgan fingerprint density at radius 1 is 1.06 bits per heavy atom. The lowest BCUT2D eigenvalue weighted by Gasteiger charge is -2.05. The van der Waals surface area contributed by atoms with Crippen LogP contribution in [0, 0.1) is 25.5 Å². The number of aromatic nitrogens is 3. The Balaban J connectivity index is 2.37. The van der Waals surface area contributed by atoms with Crippen molar-refractivity contribution in [3.8, 4) is 0 Å². The second-order valence-corrected chi connectivity index (χ2v) is 4.66. The van der Waals surface area contributed by atoms with E-state index in [9.17, 15) is 8.78 Å². The molecule has 2 N–H and O–H groups in total. The summed E-state index contributed by atoms with van der Waals surface area (Å²) >= 11 is 0.782. The van der Waals surface area contributed by atoms with E-state index in [2.05, 4.69) is 15.2 Å². The summed E-state index contributed by atoms with van der Waals surface area (Å²) in [6.45, 7) is 3.51. The van der Waals surface area contributed by atoms with Gasteiger partial charge in [0.1, 0.15) is 11.6 Å². The SMILES string of the molecule is Cc1nnc(Sc2c(F)cc(N)cc2F)nc1C. The first kappa shape index (κ1) is 12.7. The summed E-state index contributed by atoms with van der Waals surface area (Å²) < 4.78 is 27.1. The molecule has 7 heteroatoms. The minimum Gasteiger partial charge on any atom is -0.399 e. The fourth-order valence-electron chi connectivity index (χ4n) is 1.25. The second kappa shape index (κ2) is 4.85. The molecule has 0 radical (unpaired) electrons. The summed E-state index contributed by atoms with van der Waals surface area (Å²) in [5.41, 5.74) is 6.72. The number of hydrogen-bond donors (Lipinski definition) is 1. The minimum absolute atomic E-state index is 0.0356. The van der Waals surface area contributed by atoms with E-state index in [0.717, 1.165) is 23.9 Å². The maximum Gasteiger partial charge on any atom is 0.214 e. The van der Waals surface area contributed by atoms with E-state index in [1.165, 1.54) is 0 Å². The molecule has 1 aromatic heterocycles. The lowest BCUT2D eigenvalue weighted by atomic mass is 10.3. The monoisotopic (exact) mass is 268 g/mol. The number of rotatable bonds is 2. The van der Waals surface area contributed by atoms with Crippen LogP contribution in [0.2, 0.25) is 0 Å². The minimum atomic E-state index is -0.737. The summed E-state index contributed by atoms with van der Waals surface area (Å²) in [4.78, 5) is 3.91. The zero-order chi connectivity index (χ0) is 13.3. The lowest BCUT2D eigenvalue weighted by Crippen LogP contribution is -1.99. The van der Waals surface area contributed by atoms with Crippen LogP contribution in [-0.4, -0.2) is 15.2 Å². The molecule has 0 aliphatic carbocycles. The summed E-state index contributed by atoms with van der Waals surface area (Å²) in [6, 6.07) is 2.11. The zero-order valence-corrected chi connectivity index (χ0v) is 10.6. The van der Waals surface area contributed by atoms with E-state index in [-0.39, 0.29) is 15.7 Å². The van der Waals surface area contributed by atoms with E-state index < -0.39 is 11.6 Å². The van der Waals surface area contributed by atoms with Crippen LogP contribution in [0.3, 0.4) is 0 Å². The van der Waals surface area contributed by atoms with Gasteiger partial charge in [-0.05, 0) is 37.7 Å². The van der Waals surface area contributed by atoms with Crippen LogP contribution in [0.4, 0.5) is 14.5 Å². The Hall–Kier alpha value is -1.76. The highest BCUT2D eigenvalue weighted by molar-refractivity contribution is 7.99. The first-order valence-electron chi connectivity index (χ1n) is 5.07. The largest absolute Gasteiger partial charge is 0.399 e. The highest BCUT2D eigenvalue weighted by Crippen LogP contribution is 2.31. The third kappa shape index (κ3) is 2.56. The van der Waals surface area contributed by atoms with Gasteiger partial charge in [-0.3, -0.25) is 0 Å². The molecule has 0 spiro atoms. The average molecular weight is 268 g/mol. The molecule has 2 rings (SSSR count). The molecule has 0 amide bonds. The number of benzene rings is 1. The Kier molecular flexibility index (Phi) is 3.42. The van der Waals surface area contributed by atoms with Crippen molar-refractivity contribution in [3.05, 3.63) is 35.2 Å². The highest BCUT2D eigenvalue weighted by atomic mass is 32.2. The van der Waals surface area contributed by atoms with Crippen LogP contribution in [0.25, 0.3) is 0 Å². The van der Waals surface area contributed by atoms with Crippen molar-refractivity contribution >= 4 is 17.4 Å². The second-order valence-electron chi connectivity index (χ2n) is 3.68. The maximum atomic E-state index is 13.6. The molecule has 1 heterocycles. The van der Waals surface area contributed by atoms with Crippen LogP contribution in [0.15, 0.2) is 22.2 Å². The van der Waals surface area contributed by atoms with Gasteiger partial charge < -0.3 is 5.73 Å². The number of hydrogen-bond acceptors (Lipinski definition) is 5. The third-order valence-electron chi connectivity index (χ3n) is 2.29. The molecule has 1 aromatic carbocycles. The van der Waals surface area contributed by atoms with Crippen LogP contribution < -0.4 is 5.73 Å². The normalized spacial score (nSPS) is 10.7. The molecular formula is C11H10F2N4S. The van der Waals surface area contributed by atoms with Gasteiger partial charge in [0.05, 0.1) is 16.3 Å². The van der Waals surface area contributed by atoms with Crippen LogP contribution >= 0.6 is 11.8 Å². The predicted molar refractivity (Wildman–Crippen MR) is 64.2 cm³/mol. The van der Waals surface area contributed by atoms with Gasteiger partial charge >= 0.3 is 0 Å². The van der Waals surface area contributed by atoms with Crippen LogP contribution in [0.1, 0.15) is 11.4 Å². The summed E-state index contributed by atoms with van der Waals surface area (Å²) in [5, 5.41) is 7.82. The summed E-state index contributed by atoms with van der Waals surface area (Å²) in [6.07, 6.45) is 0. The summed E-state index contributed by atoms with van der Waals surface area (Å²) in [5.74, 6) is -1.47. The van der Waals surface area contributed by atoms with Crippen molar-refractivity contribution in [1.82, 2.24) is 15.2 Å². The maximum absolute atomic E-state index is 13.6. The van der Waals surface area contributed by atoms with Gasteiger partial charge in [-0.1, -0.05) is 0 Å². The number of halogens is 2. The average Bonchev–Trinajstić information content (AvgIpc) is 2.28. The van der Waals surface area contributed by atoms with E-state index in [4.69, 9.17) is 5.73 Å². The molecule has 94 valence electrons. The van der Waals surface area contributed by atoms with Gasteiger partial charge in [0.25, 0.3) is 0 Å². The van der Waals surface area contributed by atoms with E-state index >= 15 is 0 Å². The quantitative estimate of drug-likeness (QED) is 0.848. The molecule has 0 atom stereocenters. The number of nitrogens with two attached hydrogens (primary N) is 1. The lowest BCUT2D eigenvalue weighted by molar-refractivity contribution is 0.541. The number of anilines is 1. The first-order valence-corrected chi connectivity index (χ1v) is 5.89. The van der Waals surface area contributed by atoms with Crippen LogP contribution in [-0.2, 0) is 0 Å². The van der Waals surface area contributed by atoms with E-state index in [0.29, 0.717) is 11.4 Å². The molecule has 4 nitrogen and oxygen atoms in total. The van der Waals surface area contributed by atoms with E-state index in [1.54, 1.807) is 13.8 Å². The first-order chi connectivity index (χ1) is 8.47. The van der Waals surface area contributed by atoms with Crippen LogP contribution in [0.5, 0.6) is 0 Å². The van der Waals surface area contributed by atoms with E-state index in [1.807, 2.05) is 0 Å². The topological polar surface area (TPSA) is 64.7 Å². The van der Waals surface area contributed by atoms with Crippen molar-refractivity contribution in [2.24, 2.45) is 0 Å². The Labute approximate surface area is 107 Å². The number of aryl methyl sites for hydroxylation is 2. The fraction of sp³-hybridized carbons (Fsp3) is 0.182.